The molecule has 1 spiro atoms. The highest BCUT2D eigenvalue weighted by atomic mass is 16.5. The Morgan fingerprint density at radius 2 is 1.71 bits per heavy atom. The number of carboxylic acid groups (broad SMARTS) is 2. The number of rotatable bonds is 4. The standard InChI is InChI=1S/C21H33N3O.2CH2O2/c1-2-6-19(7-3-1)16-23-12-9-21(10-13-23)18-24(14-15-25-21)17-20-8-4-5-11-22-20;2*2-1-3/h4-5,8,11,19H,1-3,6-7,9-10,12-18H2;2*1H,(H,2,3). The largest absolute Gasteiger partial charge is 0.483 e. The van der Waals surface area contributed by atoms with Crippen LogP contribution in [0.1, 0.15) is 50.6 Å². The Balaban J connectivity index is 0.000000513. The smallest absolute Gasteiger partial charge is 0.290 e. The van der Waals surface area contributed by atoms with E-state index >= 15 is 0 Å². The molecule has 1 saturated carbocycles. The van der Waals surface area contributed by atoms with Gasteiger partial charge in [0.1, 0.15) is 0 Å². The van der Waals surface area contributed by atoms with Crippen LogP contribution in [0.5, 0.6) is 0 Å². The van der Waals surface area contributed by atoms with Gasteiger partial charge < -0.3 is 19.8 Å². The summed E-state index contributed by atoms with van der Waals surface area (Å²) in [5.41, 5.74) is 1.27. The van der Waals surface area contributed by atoms with Crippen LogP contribution in [0.2, 0.25) is 0 Å². The molecule has 3 fully saturated rings. The van der Waals surface area contributed by atoms with Gasteiger partial charge in [-0.25, -0.2) is 0 Å². The maximum Gasteiger partial charge on any atom is 0.290 e. The number of ether oxygens (including phenoxy) is 1. The molecule has 1 aliphatic carbocycles. The lowest BCUT2D eigenvalue weighted by Gasteiger charge is -2.48. The highest BCUT2D eigenvalue weighted by Gasteiger charge is 2.39. The Kier molecular flexibility index (Phi) is 11.5. The Morgan fingerprint density at radius 3 is 2.32 bits per heavy atom. The van der Waals surface area contributed by atoms with Crippen molar-refractivity contribution in [3.8, 4) is 0 Å². The summed E-state index contributed by atoms with van der Waals surface area (Å²) in [5.74, 6) is 0.954. The molecule has 0 amide bonds. The predicted octanol–water partition coefficient (Wildman–Crippen LogP) is 2.73. The van der Waals surface area contributed by atoms with Gasteiger partial charge in [0.05, 0.1) is 17.9 Å². The number of pyridine rings is 1. The summed E-state index contributed by atoms with van der Waals surface area (Å²) < 4.78 is 6.32. The van der Waals surface area contributed by atoms with Crippen molar-refractivity contribution in [3.63, 3.8) is 0 Å². The second-order valence-corrected chi connectivity index (χ2v) is 8.58. The molecule has 1 aromatic rings. The van der Waals surface area contributed by atoms with Crippen LogP contribution in [0, 0.1) is 5.92 Å². The topological polar surface area (TPSA) is 103 Å². The SMILES string of the molecule is O=CO.O=CO.c1ccc(CN2CCOC3(CCN(CC4CCCCC4)CC3)C2)nc1. The molecule has 3 aliphatic rings. The van der Waals surface area contributed by atoms with Crippen LogP contribution >= 0.6 is 0 Å². The molecule has 0 aromatic carbocycles. The number of nitrogens with zero attached hydrogens (tertiary/aromatic N) is 3. The van der Waals surface area contributed by atoms with E-state index in [4.69, 9.17) is 24.5 Å². The average molecular weight is 436 g/mol. The van der Waals surface area contributed by atoms with Crippen molar-refractivity contribution in [1.29, 1.82) is 0 Å². The molecule has 0 atom stereocenters. The van der Waals surface area contributed by atoms with Crippen molar-refractivity contribution in [2.75, 3.05) is 39.3 Å². The van der Waals surface area contributed by atoms with Crippen LogP contribution in [-0.2, 0) is 20.9 Å². The van der Waals surface area contributed by atoms with Crippen molar-refractivity contribution < 1.29 is 24.5 Å². The second kappa shape index (κ2) is 14.1. The minimum atomic E-state index is -0.250. The molecule has 8 nitrogen and oxygen atoms in total. The molecule has 2 saturated heterocycles. The first-order valence-electron chi connectivity index (χ1n) is 11.3. The van der Waals surface area contributed by atoms with E-state index in [1.165, 1.54) is 70.3 Å². The molecule has 3 heterocycles. The van der Waals surface area contributed by atoms with Gasteiger partial charge in [0.25, 0.3) is 12.9 Å². The first kappa shape index (κ1) is 25.2. The number of hydrogen-bond donors (Lipinski definition) is 2. The van der Waals surface area contributed by atoms with Crippen LogP contribution in [-0.4, -0.2) is 82.9 Å². The molecule has 0 radical (unpaired) electrons. The van der Waals surface area contributed by atoms with Crippen molar-refractivity contribution in [1.82, 2.24) is 14.8 Å². The lowest BCUT2D eigenvalue weighted by atomic mass is 9.86. The third-order valence-electron chi connectivity index (χ3n) is 6.45. The monoisotopic (exact) mass is 435 g/mol. The normalized spacial score (nSPS) is 21.8. The van der Waals surface area contributed by atoms with Gasteiger partial charge in [-0.2, -0.15) is 0 Å². The summed E-state index contributed by atoms with van der Waals surface area (Å²) in [7, 11) is 0. The maximum atomic E-state index is 8.36. The predicted molar refractivity (Wildman–Crippen MR) is 118 cm³/mol. The number of likely N-dealkylation sites (tertiary alicyclic amines) is 1. The van der Waals surface area contributed by atoms with E-state index in [2.05, 4.69) is 26.9 Å². The summed E-state index contributed by atoms with van der Waals surface area (Å²) in [6, 6.07) is 6.21. The third kappa shape index (κ3) is 8.93. The Hall–Kier alpha value is -2.03. The van der Waals surface area contributed by atoms with Crippen LogP contribution in [0.3, 0.4) is 0 Å². The van der Waals surface area contributed by atoms with Gasteiger partial charge in [-0.15, -0.1) is 0 Å². The van der Waals surface area contributed by atoms with E-state index in [0.717, 1.165) is 32.2 Å². The lowest BCUT2D eigenvalue weighted by Crippen LogP contribution is -2.57. The average Bonchev–Trinajstić information content (AvgIpc) is 2.78. The van der Waals surface area contributed by atoms with Gasteiger partial charge in [-0.05, 0) is 43.7 Å². The molecule has 0 unspecified atom stereocenters. The second-order valence-electron chi connectivity index (χ2n) is 8.58. The number of morpholine rings is 1. The van der Waals surface area contributed by atoms with Crippen LogP contribution in [0.25, 0.3) is 0 Å². The zero-order valence-electron chi connectivity index (χ0n) is 18.4. The van der Waals surface area contributed by atoms with E-state index < -0.39 is 0 Å². The lowest BCUT2D eigenvalue weighted by molar-refractivity contribution is -0.138. The minimum Gasteiger partial charge on any atom is -0.483 e. The molecular formula is C23H37N3O5. The summed E-state index contributed by atoms with van der Waals surface area (Å²) in [6.45, 7) is 7.19. The van der Waals surface area contributed by atoms with Gasteiger partial charge in [0.15, 0.2) is 0 Å². The number of aromatic nitrogens is 1. The molecule has 1 aromatic heterocycles. The van der Waals surface area contributed by atoms with E-state index in [0.29, 0.717) is 0 Å². The van der Waals surface area contributed by atoms with Gasteiger partial charge in [0, 0.05) is 45.5 Å². The molecule has 174 valence electrons. The van der Waals surface area contributed by atoms with E-state index in [-0.39, 0.29) is 18.5 Å². The molecule has 8 heteroatoms. The highest BCUT2D eigenvalue weighted by molar-refractivity contribution is 5.33. The fraction of sp³-hybridized carbons (Fsp3) is 0.696. The molecule has 2 aliphatic heterocycles. The first-order chi connectivity index (χ1) is 15.1. The Bertz CT molecular complexity index is 611. The Labute approximate surface area is 185 Å². The van der Waals surface area contributed by atoms with Gasteiger partial charge in [-0.1, -0.05) is 25.3 Å². The molecule has 2 N–H and O–H groups in total. The van der Waals surface area contributed by atoms with E-state index in [1.807, 2.05) is 12.3 Å². The third-order valence-corrected chi connectivity index (χ3v) is 6.45. The molecular weight excluding hydrogens is 398 g/mol. The molecule has 4 rings (SSSR count). The van der Waals surface area contributed by atoms with Gasteiger partial charge in [0.2, 0.25) is 0 Å². The Morgan fingerprint density at radius 1 is 1.03 bits per heavy atom. The summed E-state index contributed by atoms with van der Waals surface area (Å²) >= 11 is 0. The zero-order valence-corrected chi connectivity index (χ0v) is 18.4. The van der Waals surface area contributed by atoms with Crippen LogP contribution in [0.15, 0.2) is 24.4 Å². The maximum absolute atomic E-state index is 8.36. The fourth-order valence-electron chi connectivity index (χ4n) is 4.96. The van der Waals surface area contributed by atoms with E-state index in [9.17, 15) is 0 Å². The van der Waals surface area contributed by atoms with Gasteiger partial charge >= 0.3 is 0 Å². The summed E-state index contributed by atoms with van der Waals surface area (Å²) in [6.07, 6.45) is 11.6. The molecule has 0 bridgehead atoms. The van der Waals surface area contributed by atoms with Crippen LogP contribution in [0.4, 0.5) is 0 Å². The van der Waals surface area contributed by atoms with Crippen molar-refractivity contribution in [3.05, 3.63) is 30.1 Å². The van der Waals surface area contributed by atoms with Gasteiger partial charge in [-0.3, -0.25) is 19.5 Å². The molecule has 31 heavy (non-hydrogen) atoms. The number of hydrogen-bond acceptors (Lipinski definition) is 6. The first-order valence-corrected chi connectivity index (χ1v) is 11.3. The number of piperidine rings is 1. The fourth-order valence-corrected chi connectivity index (χ4v) is 4.96. The zero-order chi connectivity index (χ0) is 22.4. The number of carbonyl (C=O) groups is 2. The van der Waals surface area contributed by atoms with Crippen molar-refractivity contribution in [2.24, 2.45) is 5.92 Å². The minimum absolute atomic E-state index is 0.0933. The van der Waals surface area contributed by atoms with Crippen molar-refractivity contribution in [2.45, 2.75) is 57.1 Å². The van der Waals surface area contributed by atoms with Crippen LogP contribution < -0.4 is 0 Å². The summed E-state index contributed by atoms with van der Waals surface area (Å²) in [4.78, 5) is 26.5. The highest BCUT2D eigenvalue weighted by Crippen LogP contribution is 2.32. The van der Waals surface area contributed by atoms with Crippen molar-refractivity contribution >= 4 is 12.9 Å². The quantitative estimate of drug-likeness (QED) is 0.696. The van der Waals surface area contributed by atoms with E-state index in [1.54, 1.807) is 0 Å². The summed E-state index contributed by atoms with van der Waals surface area (Å²) in [5, 5.41) is 13.8.